The van der Waals surface area contributed by atoms with Crippen molar-refractivity contribution in [2.24, 2.45) is 0 Å². The molecule has 0 fully saturated rings. The van der Waals surface area contributed by atoms with E-state index in [0.29, 0.717) is 17.5 Å². The number of aromatic amines is 1. The Bertz CT molecular complexity index is 1260. The molecule has 2 aromatic heterocycles. The van der Waals surface area contributed by atoms with Crippen LogP contribution in [0.15, 0.2) is 41.3 Å². The second-order valence-electron chi connectivity index (χ2n) is 6.34. The second kappa shape index (κ2) is 6.52. The molecule has 26 heavy (non-hydrogen) atoms. The summed E-state index contributed by atoms with van der Waals surface area (Å²) in [6.07, 6.45) is 2.06. The molecule has 0 amide bonds. The normalized spacial score (nSPS) is 11.3. The maximum absolute atomic E-state index is 12.8. The average molecular weight is 474 g/mol. The van der Waals surface area contributed by atoms with E-state index in [0.717, 1.165) is 22.0 Å². The van der Waals surface area contributed by atoms with Crippen LogP contribution in [0, 0.1) is 25.2 Å². The minimum absolute atomic E-state index is 0.104. The number of rotatable bonds is 3. The Kier molecular flexibility index (Phi) is 4.32. The van der Waals surface area contributed by atoms with Crippen LogP contribution in [-0.4, -0.2) is 13.8 Å². The van der Waals surface area contributed by atoms with Crippen molar-refractivity contribution >= 4 is 52.1 Å². The highest BCUT2D eigenvalue weighted by Gasteiger charge is 2.15. The summed E-state index contributed by atoms with van der Waals surface area (Å²) in [4.78, 5) is 12.8. The maximum atomic E-state index is 12.8. The first-order valence-electron chi connectivity index (χ1n) is 8.05. The Balaban J connectivity index is 1.90. The lowest BCUT2D eigenvalue weighted by Gasteiger charge is -2.12. The molecule has 2 heterocycles. The molecule has 1 N–H and O–H groups in total. The second-order valence-corrected chi connectivity index (χ2v) is 8.05. The number of halogens is 1. The zero-order valence-electron chi connectivity index (χ0n) is 14.2. The predicted octanol–water partition coefficient (Wildman–Crippen LogP) is 4.67. The van der Waals surface area contributed by atoms with E-state index >= 15 is 0 Å². The van der Waals surface area contributed by atoms with Crippen LogP contribution >= 0.6 is 30.3 Å². The van der Waals surface area contributed by atoms with Gasteiger partial charge in [-0.05, 0) is 54.8 Å². The van der Waals surface area contributed by atoms with Crippen LogP contribution < -0.4 is 5.56 Å². The third-order valence-corrected chi connectivity index (χ3v) is 6.46. The number of aromatic nitrogens is 3. The summed E-state index contributed by atoms with van der Waals surface area (Å²) in [5.74, 6) is 0. The molecule has 2 aromatic carbocycles. The van der Waals surface area contributed by atoms with Gasteiger partial charge < -0.3 is 0 Å². The molecule has 0 aliphatic heterocycles. The lowest BCUT2D eigenvalue weighted by Crippen LogP contribution is -2.18. The average Bonchev–Trinajstić information content (AvgIpc) is 3.20. The number of fused-ring (bicyclic) bond motifs is 2. The molecule has 0 spiro atoms. The van der Waals surface area contributed by atoms with Crippen molar-refractivity contribution < 1.29 is 0 Å². The summed E-state index contributed by atoms with van der Waals surface area (Å²) in [5, 5.41) is 13.9. The first kappa shape index (κ1) is 17.2. The number of nitrogens with one attached hydrogen (secondary N) is 1. The van der Waals surface area contributed by atoms with Gasteiger partial charge in [0, 0.05) is 41.9 Å². The van der Waals surface area contributed by atoms with Crippen LogP contribution in [0.3, 0.4) is 0 Å². The third kappa shape index (κ3) is 2.64. The van der Waals surface area contributed by atoms with Gasteiger partial charge in [0.2, 0.25) is 0 Å². The van der Waals surface area contributed by atoms with Crippen LogP contribution in [0.2, 0.25) is 0 Å². The highest BCUT2D eigenvalue weighted by Crippen LogP contribution is 2.32. The molecule has 0 aliphatic carbocycles. The molecule has 130 valence electrons. The minimum atomic E-state index is -0.104. The van der Waals surface area contributed by atoms with E-state index in [4.69, 9.17) is 5.26 Å². The SMILES string of the molecule is Cc1cc(C)c2c(ccn2SI)c1Cn1[nH]c2ccc(C#N)cc2c1=O. The third-order valence-electron chi connectivity index (χ3n) is 4.73. The predicted molar refractivity (Wildman–Crippen MR) is 115 cm³/mol. The largest absolute Gasteiger partial charge is 0.295 e. The highest BCUT2D eigenvalue weighted by molar-refractivity contribution is 14.2. The van der Waals surface area contributed by atoms with Crippen molar-refractivity contribution in [2.45, 2.75) is 20.4 Å². The quantitative estimate of drug-likeness (QED) is 0.439. The summed E-state index contributed by atoms with van der Waals surface area (Å²) in [6, 6.07) is 11.5. The maximum Gasteiger partial charge on any atom is 0.274 e. The van der Waals surface area contributed by atoms with E-state index < -0.39 is 0 Å². The van der Waals surface area contributed by atoms with Gasteiger partial charge >= 0.3 is 0 Å². The van der Waals surface area contributed by atoms with Gasteiger partial charge in [-0.3, -0.25) is 13.9 Å². The fraction of sp³-hybridized carbons (Fsp3) is 0.158. The van der Waals surface area contributed by atoms with Crippen LogP contribution in [0.4, 0.5) is 0 Å². The topological polar surface area (TPSA) is 66.5 Å². The van der Waals surface area contributed by atoms with Crippen molar-refractivity contribution in [1.29, 1.82) is 5.26 Å². The Morgan fingerprint density at radius 2 is 2.00 bits per heavy atom. The van der Waals surface area contributed by atoms with E-state index in [-0.39, 0.29) is 5.56 Å². The lowest BCUT2D eigenvalue weighted by atomic mass is 10.0. The Morgan fingerprint density at radius 1 is 1.19 bits per heavy atom. The van der Waals surface area contributed by atoms with Gasteiger partial charge in [-0.15, -0.1) is 0 Å². The van der Waals surface area contributed by atoms with E-state index in [1.54, 1.807) is 32.0 Å². The van der Waals surface area contributed by atoms with Crippen molar-refractivity contribution in [3.63, 3.8) is 0 Å². The number of hydrogen-bond acceptors (Lipinski definition) is 3. The van der Waals surface area contributed by atoms with Gasteiger partial charge in [0.25, 0.3) is 5.56 Å². The molecular weight excluding hydrogens is 459 g/mol. The smallest absolute Gasteiger partial charge is 0.274 e. The summed E-state index contributed by atoms with van der Waals surface area (Å²) < 4.78 is 3.76. The Morgan fingerprint density at radius 3 is 2.73 bits per heavy atom. The standard InChI is InChI=1S/C19H15IN4OS/c1-11-7-12(2)18-14(5-6-24(18)26-20)16(11)10-23-19(25)15-8-13(9-21)3-4-17(15)22-23/h3-8,22H,10H2,1-2H3. The molecule has 0 aliphatic rings. The van der Waals surface area contributed by atoms with Gasteiger partial charge in [-0.2, -0.15) is 5.26 Å². The lowest BCUT2D eigenvalue weighted by molar-refractivity contribution is 0.673. The van der Waals surface area contributed by atoms with Crippen LogP contribution in [0.25, 0.3) is 21.8 Å². The molecule has 0 radical (unpaired) electrons. The van der Waals surface area contributed by atoms with Gasteiger partial charge in [0.15, 0.2) is 0 Å². The van der Waals surface area contributed by atoms with Crippen molar-refractivity contribution in [3.8, 4) is 6.07 Å². The van der Waals surface area contributed by atoms with E-state index in [9.17, 15) is 4.79 Å². The summed E-state index contributed by atoms with van der Waals surface area (Å²) in [7, 11) is 1.63. The Hall–Kier alpha value is -2.18. The molecular formula is C19H15IN4OS. The van der Waals surface area contributed by atoms with E-state index in [1.165, 1.54) is 11.1 Å². The first-order chi connectivity index (χ1) is 12.5. The molecule has 4 rings (SSSR count). The number of benzene rings is 2. The number of nitrogens with zero attached hydrogens (tertiary/aromatic N) is 3. The van der Waals surface area contributed by atoms with E-state index in [1.807, 2.05) is 0 Å². The van der Waals surface area contributed by atoms with Crippen LogP contribution in [-0.2, 0) is 6.54 Å². The molecule has 5 nitrogen and oxygen atoms in total. The zero-order valence-corrected chi connectivity index (χ0v) is 17.2. The number of aryl methyl sites for hydroxylation is 2. The Labute approximate surface area is 166 Å². The number of nitriles is 1. The molecule has 0 saturated carbocycles. The highest BCUT2D eigenvalue weighted by atomic mass is 127. The molecule has 0 bridgehead atoms. The summed E-state index contributed by atoms with van der Waals surface area (Å²) in [5.41, 5.74) is 5.83. The zero-order chi connectivity index (χ0) is 18.4. The van der Waals surface area contributed by atoms with Crippen molar-refractivity contribution in [1.82, 2.24) is 13.8 Å². The van der Waals surface area contributed by atoms with Crippen molar-refractivity contribution in [3.05, 3.63) is 69.1 Å². The van der Waals surface area contributed by atoms with Gasteiger partial charge in [0.05, 0.1) is 34.6 Å². The monoisotopic (exact) mass is 474 g/mol. The molecule has 4 aromatic rings. The van der Waals surface area contributed by atoms with Crippen LogP contribution in [0.5, 0.6) is 0 Å². The number of hydrogen-bond donors (Lipinski definition) is 1. The molecule has 0 unspecified atom stereocenters. The van der Waals surface area contributed by atoms with E-state index in [2.05, 4.69) is 68.5 Å². The van der Waals surface area contributed by atoms with Crippen LogP contribution in [0.1, 0.15) is 22.3 Å². The fourth-order valence-electron chi connectivity index (χ4n) is 3.50. The first-order valence-corrected chi connectivity index (χ1v) is 11.4. The number of H-pyrrole nitrogens is 1. The minimum Gasteiger partial charge on any atom is -0.295 e. The summed E-state index contributed by atoms with van der Waals surface area (Å²) in [6.45, 7) is 4.66. The summed E-state index contributed by atoms with van der Waals surface area (Å²) >= 11 is 2.27. The molecule has 0 atom stereocenters. The molecule has 0 saturated heterocycles. The van der Waals surface area contributed by atoms with Crippen molar-refractivity contribution in [2.75, 3.05) is 0 Å². The van der Waals surface area contributed by atoms with Gasteiger partial charge in [-0.1, -0.05) is 6.07 Å². The van der Waals surface area contributed by atoms with Gasteiger partial charge in [-0.25, -0.2) is 4.68 Å². The fourth-order valence-corrected chi connectivity index (χ4v) is 4.91. The van der Waals surface area contributed by atoms with Gasteiger partial charge in [0.1, 0.15) is 0 Å². The molecule has 7 heteroatoms.